The summed E-state index contributed by atoms with van der Waals surface area (Å²) in [5.41, 5.74) is 4.18. The minimum atomic E-state index is -0.433. The Morgan fingerprint density at radius 3 is 2.71 bits per heavy atom. The molecule has 2 N–H and O–H groups in total. The smallest absolute Gasteiger partial charge is 0.411 e. The molecule has 0 radical (unpaired) electrons. The van der Waals surface area contributed by atoms with Crippen molar-refractivity contribution in [3.63, 3.8) is 0 Å². The van der Waals surface area contributed by atoms with Gasteiger partial charge < -0.3 is 14.0 Å². The molecule has 2 saturated carbocycles. The van der Waals surface area contributed by atoms with Crippen LogP contribution in [0.25, 0.3) is 22.2 Å². The first-order valence-electron chi connectivity index (χ1n) is 13.3. The summed E-state index contributed by atoms with van der Waals surface area (Å²) in [6, 6.07) is 16.4. The molecule has 2 aromatic heterocycles. The zero-order valence-corrected chi connectivity index (χ0v) is 21.4. The van der Waals surface area contributed by atoms with Crippen LogP contribution < -0.4 is 14.7 Å². The van der Waals surface area contributed by atoms with Crippen LogP contribution in [0, 0.1) is 17.2 Å². The minimum absolute atomic E-state index is 0.0660. The highest BCUT2D eigenvalue weighted by Gasteiger charge is 2.31. The highest BCUT2D eigenvalue weighted by Crippen LogP contribution is 2.43. The van der Waals surface area contributed by atoms with Crippen molar-refractivity contribution in [2.75, 3.05) is 11.9 Å². The van der Waals surface area contributed by atoms with Gasteiger partial charge in [0.15, 0.2) is 0 Å². The Labute approximate surface area is 221 Å². The van der Waals surface area contributed by atoms with E-state index in [0.717, 1.165) is 53.6 Å². The summed E-state index contributed by atoms with van der Waals surface area (Å²) in [6.45, 7) is 3.10. The van der Waals surface area contributed by atoms with Crippen molar-refractivity contribution in [3.8, 4) is 23.1 Å². The molecule has 38 heavy (non-hydrogen) atoms. The lowest BCUT2D eigenvalue weighted by molar-refractivity contribution is -0.751. The lowest BCUT2D eigenvalue weighted by Gasteiger charge is -2.30. The van der Waals surface area contributed by atoms with Gasteiger partial charge in [-0.25, -0.2) is 4.79 Å². The zero-order valence-electron chi connectivity index (χ0n) is 21.4. The number of rotatable bonds is 9. The van der Waals surface area contributed by atoms with E-state index in [1.165, 1.54) is 6.42 Å². The molecule has 2 fully saturated rings. The molecule has 2 heterocycles. The second-order valence-corrected chi connectivity index (χ2v) is 10.2. The number of carbonyl (C=O) groups excluding carboxylic acids is 1. The Hall–Kier alpha value is -4.32. The molecular weight excluding hydrogens is 480 g/mol. The van der Waals surface area contributed by atoms with Gasteiger partial charge in [-0.05, 0) is 79.8 Å². The second kappa shape index (κ2) is 10.2. The number of aromatic amines is 1. The van der Waals surface area contributed by atoms with Crippen molar-refractivity contribution in [2.24, 2.45) is 5.92 Å². The molecular formula is C29H31N6O3+. The first-order chi connectivity index (χ1) is 18.6. The van der Waals surface area contributed by atoms with Crippen LogP contribution in [0.3, 0.4) is 0 Å². The summed E-state index contributed by atoms with van der Waals surface area (Å²) in [5, 5.41) is 17.0. The number of nitrogens with one attached hydrogen (secondary N) is 2. The third-order valence-electron chi connectivity index (χ3n) is 7.62. The summed E-state index contributed by atoms with van der Waals surface area (Å²) in [6.07, 6.45) is 8.43. The summed E-state index contributed by atoms with van der Waals surface area (Å²) in [5.74, 6) is 1.26. The second-order valence-electron chi connectivity index (χ2n) is 10.2. The topological polar surface area (TPSA) is 109 Å². The molecule has 0 spiro atoms. The van der Waals surface area contributed by atoms with Crippen molar-refractivity contribution >= 4 is 22.7 Å². The molecule has 6 rings (SSSR count). The third-order valence-corrected chi connectivity index (χ3v) is 7.62. The summed E-state index contributed by atoms with van der Waals surface area (Å²) in [7, 11) is 0. The first-order valence-corrected chi connectivity index (χ1v) is 13.3. The molecule has 0 saturated heterocycles. The zero-order chi connectivity index (χ0) is 26.1. The quantitative estimate of drug-likeness (QED) is 0.295. The summed E-state index contributed by atoms with van der Waals surface area (Å²) >= 11 is 0. The lowest BCUT2D eigenvalue weighted by Crippen LogP contribution is -2.37. The van der Waals surface area contributed by atoms with Crippen molar-refractivity contribution in [3.05, 3.63) is 60.7 Å². The third kappa shape index (κ3) is 4.82. The molecule has 194 valence electrons. The first kappa shape index (κ1) is 24.0. The van der Waals surface area contributed by atoms with E-state index in [2.05, 4.69) is 26.0 Å². The SMILES string of the molecule is C[C@@H](OC(=O)Nc1ccc(-c2c(C#N)c3ccc(OCC[n+]4cnc[nH]4)cc3n2C2CCC2)cc1)C1CC1. The molecule has 1 atom stereocenters. The molecule has 0 aliphatic heterocycles. The number of aromatic nitrogens is 4. The van der Waals surface area contributed by atoms with Crippen LogP contribution in [-0.4, -0.2) is 33.5 Å². The normalized spacial score (nSPS) is 16.0. The number of nitriles is 1. The van der Waals surface area contributed by atoms with Crippen LogP contribution in [-0.2, 0) is 11.3 Å². The molecule has 4 aromatic rings. The number of hydrogen-bond acceptors (Lipinski definition) is 5. The summed E-state index contributed by atoms with van der Waals surface area (Å²) in [4.78, 5) is 16.3. The highest BCUT2D eigenvalue weighted by atomic mass is 16.6. The van der Waals surface area contributed by atoms with Gasteiger partial charge in [0.1, 0.15) is 31.1 Å². The van der Waals surface area contributed by atoms with Gasteiger partial charge in [0.05, 0.1) is 16.8 Å². The Bertz CT molecular complexity index is 1480. The fraction of sp³-hybridized carbons (Fsp3) is 0.379. The molecule has 1 amide bonds. The van der Waals surface area contributed by atoms with Crippen molar-refractivity contribution < 1.29 is 19.0 Å². The van der Waals surface area contributed by atoms with Crippen molar-refractivity contribution in [2.45, 2.75) is 57.7 Å². The standard InChI is InChI=1S/C29H30N6O3/c1-19(20-5-6-20)38-29(36)33-22-9-7-21(8-10-22)28-26(16-30)25-12-11-24(37-14-13-34-18-31-17-32-34)15-27(25)35(28)23-3-2-4-23/h7-12,15,17-20,23H,2-6,13-14H2,1H3,(H,33,36)/p+1/t19-/m1/s1. The Morgan fingerprint density at radius 2 is 2.05 bits per heavy atom. The van der Waals surface area contributed by atoms with Crippen LogP contribution in [0.1, 0.15) is 50.6 Å². The van der Waals surface area contributed by atoms with E-state index in [1.807, 2.05) is 54.1 Å². The monoisotopic (exact) mass is 511 g/mol. The number of amides is 1. The maximum Gasteiger partial charge on any atom is 0.411 e. The van der Waals surface area contributed by atoms with E-state index in [-0.39, 0.29) is 6.10 Å². The van der Waals surface area contributed by atoms with Crippen LogP contribution in [0.5, 0.6) is 5.75 Å². The minimum Gasteiger partial charge on any atom is -0.489 e. The van der Waals surface area contributed by atoms with E-state index < -0.39 is 6.09 Å². The van der Waals surface area contributed by atoms with E-state index >= 15 is 0 Å². The molecule has 9 heteroatoms. The fourth-order valence-electron chi connectivity index (χ4n) is 5.13. The number of hydrogen-bond donors (Lipinski definition) is 2. The van der Waals surface area contributed by atoms with Crippen LogP contribution >= 0.6 is 0 Å². The van der Waals surface area contributed by atoms with Crippen molar-refractivity contribution in [1.29, 1.82) is 5.26 Å². The van der Waals surface area contributed by atoms with Crippen LogP contribution in [0.2, 0.25) is 0 Å². The van der Waals surface area contributed by atoms with Crippen molar-refractivity contribution in [1.82, 2.24) is 14.6 Å². The summed E-state index contributed by atoms with van der Waals surface area (Å²) < 4.78 is 15.7. The molecule has 0 bridgehead atoms. The predicted octanol–water partition coefficient (Wildman–Crippen LogP) is 5.34. The van der Waals surface area contributed by atoms with Gasteiger partial charge >= 0.3 is 12.4 Å². The number of anilines is 1. The van der Waals surface area contributed by atoms with Gasteiger partial charge in [0, 0.05) is 23.2 Å². The van der Waals surface area contributed by atoms with Gasteiger partial charge in [-0.1, -0.05) is 12.1 Å². The number of fused-ring (bicyclic) bond motifs is 1. The van der Waals surface area contributed by atoms with Gasteiger partial charge in [0.25, 0.3) is 0 Å². The average molecular weight is 512 g/mol. The van der Waals surface area contributed by atoms with E-state index in [1.54, 1.807) is 12.7 Å². The number of carbonyl (C=O) groups is 1. The van der Waals surface area contributed by atoms with Gasteiger partial charge in [-0.2, -0.15) is 15.0 Å². The maximum atomic E-state index is 12.3. The van der Waals surface area contributed by atoms with E-state index in [4.69, 9.17) is 9.47 Å². The average Bonchev–Trinajstić information content (AvgIpc) is 3.53. The molecule has 2 aliphatic carbocycles. The van der Waals surface area contributed by atoms with Crippen LogP contribution in [0.4, 0.5) is 10.5 Å². The number of H-pyrrole nitrogens is 1. The maximum absolute atomic E-state index is 12.3. The van der Waals surface area contributed by atoms with Gasteiger partial charge in [-0.3, -0.25) is 5.32 Å². The Morgan fingerprint density at radius 1 is 1.24 bits per heavy atom. The number of benzene rings is 2. The highest BCUT2D eigenvalue weighted by molar-refractivity contribution is 5.96. The predicted molar refractivity (Wildman–Crippen MR) is 142 cm³/mol. The van der Waals surface area contributed by atoms with Crippen LogP contribution in [0.15, 0.2) is 55.1 Å². The van der Waals surface area contributed by atoms with Gasteiger partial charge in [-0.15, -0.1) is 0 Å². The number of ether oxygens (including phenoxy) is 2. The Kier molecular flexibility index (Phi) is 6.46. The number of nitrogens with zero attached hydrogens (tertiary/aromatic N) is 4. The Balaban J connectivity index is 1.27. The molecule has 2 aliphatic rings. The van der Waals surface area contributed by atoms with E-state index in [9.17, 15) is 10.1 Å². The lowest BCUT2D eigenvalue weighted by atomic mass is 9.92. The largest absolute Gasteiger partial charge is 0.489 e. The molecule has 2 aromatic carbocycles. The fourth-order valence-corrected chi connectivity index (χ4v) is 5.13. The van der Waals surface area contributed by atoms with Gasteiger partial charge in [0.2, 0.25) is 6.33 Å². The van der Waals surface area contributed by atoms with E-state index in [0.29, 0.717) is 36.4 Å². The molecule has 9 nitrogen and oxygen atoms in total. The molecule has 0 unspecified atom stereocenters.